The van der Waals surface area contributed by atoms with Gasteiger partial charge in [-0.05, 0) is 12.8 Å². The molecule has 0 heterocycles. The number of rotatable bonds is 25. The Hall–Kier alpha value is -0.200. The van der Waals surface area contributed by atoms with Crippen LogP contribution in [0.3, 0.4) is 0 Å². The number of hydrogen-bond donors (Lipinski definition) is 1. The lowest BCUT2D eigenvalue weighted by Crippen LogP contribution is -2.18. The predicted octanol–water partition coefficient (Wildman–Crippen LogP) is 5.52. The van der Waals surface area contributed by atoms with E-state index in [-0.39, 0.29) is 6.61 Å². The Kier molecular flexibility index (Phi) is 25.7. The second-order valence-electron chi connectivity index (χ2n) is 7.81. The number of aliphatic hydroxyl groups is 1. The molecule has 0 saturated heterocycles. The summed E-state index contributed by atoms with van der Waals surface area (Å²) in [6, 6.07) is 0. The zero-order chi connectivity index (χ0) is 21.3. The van der Waals surface area contributed by atoms with Crippen molar-refractivity contribution >= 4 is 0 Å². The van der Waals surface area contributed by atoms with Crippen molar-refractivity contribution in [2.45, 2.75) is 103 Å². The van der Waals surface area contributed by atoms with Gasteiger partial charge in [-0.25, -0.2) is 0 Å². The van der Waals surface area contributed by atoms with Gasteiger partial charge in [0.2, 0.25) is 0 Å². The molecule has 0 aliphatic rings. The molecule has 0 aliphatic carbocycles. The lowest BCUT2D eigenvalue weighted by Gasteiger charge is -2.18. The Balaban J connectivity index is 3.60. The maximum atomic E-state index is 8.60. The van der Waals surface area contributed by atoms with Crippen molar-refractivity contribution in [2.75, 3.05) is 52.9 Å². The maximum absolute atomic E-state index is 8.60. The normalized spacial score (nSPS) is 12.5. The minimum absolute atomic E-state index is 0.0571. The summed E-state index contributed by atoms with van der Waals surface area (Å²) in [4.78, 5) is 0. The van der Waals surface area contributed by atoms with Crippen LogP contribution in [0.1, 0.15) is 97.3 Å². The highest BCUT2D eigenvalue weighted by molar-refractivity contribution is 4.60. The second kappa shape index (κ2) is 25.8. The van der Waals surface area contributed by atoms with E-state index < -0.39 is 0 Å². The summed E-state index contributed by atoms with van der Waals surface area (Å²) >= 11 is 0. The van der Waals surface area contributed by atoms with E-state index in [1.165, 1.54) is 83.5 Å². The first-order valence-corrected chi connectivity index (χ1v) is 12.3. The quantitative estimate of drug-likeness (QED) is 0.198. The molecule has 1 atom stereocenters. The summed E-state index contributed by atoms with van der Waals surface area (Å²) in [6.45, 7) is 8.47. The van der Waals surface area contributed by atoms with Gasteiger partial charge in [0, 0.05) is 0 Å². The average Bonchev–Trinajstić information content (AvgIpc) is 2.73. The molecule has 0 aromatic heterocycles. The summed E-state index contributed by atoms with van der Waals surface area (Å²) < 4.78 is 22.2. The van der Waals surface area contributed by atoms with Crippen LogP contribution in [0.25, 0.3) is 0 Å². The SMILES string of the molecule is CCCCCCCCCCC(CCCCC)OCCOCCOCCOCCO. The molecule has 1 unspecified atom stereocenters. The number of aliphatic hydroxyl groups excluding tert-OH is 1. The number of ether oxygens (including phenoxy) is 4. The lowest BCUT2D eigenvalue weighted by molar-refractivity contribution is -0.0246. The molecular weight excluding hydrogens is 368 g/mol. The molecule has 0 radical (unpaired) electrons. The molecule has 5 heteroatoms. The number of hydrogen-bond acceptors (Lipinski definition) is 5. The van der Waals surface area contributed by atoms with Crippen LogP contribution in [0.4, 0.5) is 0 Å². The van der Waals surface area contributed by atoms with Crippen LogP contribution >= 0.6 is 0 Å². The van der Waals surface area contributed by atoms with E-state index in [1.54, 1.807) is 0 Å². The van der Waals surface area contributed by atoms with Crippen LogP contribution in [-0.4, -0.2) is 64.1 Å². The Morgan fingerprint density at radius 1 is 0.517 bits per heavy atom. The minimum Gasteiger partial charge on any atom is -0.394 e. The van der Waals surface area contributed by atoms with Crippen LogP contribution in [0.2, 0.25) is 0 Å². The van der Waals surface area contributed by atoms with Crippen molar-refractivity contribution in [1.82, 2.24) is 0 Å². The monoisotopic (exact) mass is 418 g/mol. The van der Waals surface area contributed by atoms with Crippen molar-refractivity contribution in [3.05, 3.63) is 0 Å². The third-order valence-corrected chi connectivity index (χ3v) is 5.07. The molecule has 0 bridgehead atoms. The van der Waals surface area contributed by atoms with Gasteiger partial charge in [-0.1, -0.05) is 84.5 Å². The molecule has 0 aromatic carbocycles. The second-order valence-corrected chi connectivity index (χ2v) is 7.81. The van der Waals surface area contributed by atoms with E-state index in [0.29, 0.717) is 52.4 Å². The van der Waals surface area contributed by atoms with Crippen molar-refractivity contribution in [3.63, 3.8) is 0 Å². The van der Waals surface area contributed by atoms with Gasteiger partial charge in [0.1, 0.15) is 0 Å². The Morgan fingerprint density at radius 2 is 0.931 bits per heavy atom. The zero-order valence-electron chi connectivity index (χ0n) is 19.5. The van der Waals surface area contributed by atoms with E-state index in [9.17, 15) is 0 Å². The molecule has 5 nitrogen and oxygen atoms in total. The maximum Gasteiger partial charge on any atom is 0.0704 e. The average molecular weight is 419 g/mol. The van der Waals surface area contributed by atoms with Gasteiger partial charge < -0.3 is 24.1 Å². The van der Waals surface area contributed by atoms with E-state index in [4.69, 9.17) is 24.1 Å². The van der Waals surface area contributed by atoms with E-state index in [2.05, 4.69) is 13.8 Å². The molecule has 0 aliphatic heterocycles. The fourth-order valence-corrected chi connectivity index (χ4v) is 3.32. The van der Waals surface area contributed by atoms with Crippen LogP contribution in [0, 0.1) is 0 Å². The molecule has 0 spiro atoms. The van der Waals surface area contributed by atoms with Gasteiger partial charge in [-0.15, -0.1) is 0 Å². The third kappa shape index (κ3) is 23.9. The topological polar surface area (TPSA) is 57.2 Å². The van der Waals surface area contributed by atoms with Crippen molar-refractivity contribution in [1.29, 1.82) is 0 Å². The minimum atomic E-state index is 0.0571. The highest BCUT2D eigenvalue weighted by Crippen LogP contribution is 2.16. The largest absolute Gasteiger partial charge is 0.394 e. The lowest BCUT2D eigenvalue weighted by atomic mass is 10.0. The summed E-state index contributed by atoms with van der Waals surface area (Å²) in [5.74, 6) is 0. The molecular formula is C24H50O5. The Bertz CT molecular complexity index is 288. The van der Waals surface area contributed by atoms with Crippen LogP contribution in [0.15, 0.2) is 0 Å². The molecule has 0 aromatic rings. The molecule has 29 heavy (non-hydrogen) atoms. The molecule has 0 saturated carbocycles. The standard InChI is InChI=1S/C24H50O5/c1-3-5-7-8-9-10-11-13-15-24(14-12-6-4-2)29-23-22-28-21-20-27-19-18-26-17-16-25/h24-25H,3-23H2,1-2H3. The summed E-state index contributed by atoms with van der Waals surface area (Å²) in [6.07, 6.45) is 17.5. The summed E-state index contributed by atoms with van der Waals surface area (Å²) in [7, 11) is 0. The van der Waals surface area contributed by atoms with Gasteiger partial charge in [0.25, 0.3) is 0 Å². The smallest absolute Gasteiger partial charge is 0.0704 e. The van der Waals surface area contributed by atoms with Crippen LogP contribution in [0.5, 0.6) is 0 Å². The first kappa shape index (κ1) is 28.8. The zero-order valence-corrected chi connectivity index (χ0v) is 19.5. The van der Waals surface area contributed by atoms with Crippen molar-refractivity contribution < 1.29 is 24.1 Å². The van der Waals surface area contributed by atoms with Gasteiger partial charge in [0.05, 0.1) is 59.0 Å². The fourth-order valence-electron chi connectivity index (χ4n) is 3.32. The highest BCUT2D eigenvalue weighted by atomic mass is 16.6. The van der Waals surface area contributed by atoms with E-state index in [0.717, 1.165) is 0 Å². The Labute approximate surface area is 180 Å². The highest BCUT2D eigenvalue weighted by Gasteiger charge is 2.09. The third-order valence-electron chi connectivity index (χ3n) is 5.07. The van der Waals surface area contributed by atoms with Gasteiger partial charge in [0.15, 0.2) is 0 Å². The van der Waals surface area contributed by atoms with E-state index in [1.807, 2.05) is 0 Å². The van der Waals surface area contributed by atoms with Crippen molar-refractivity contribution in [3.8, 4) is 0 Å². The molecule has 0 rings (SSSR count). The fraction of sp³-hybridized carbons (Fsp3) is 1.00. The van der Waals surface area contributed by atoms with Gasteiger partial charge >= 0.3 is 0 Å². The van der Waals surface area contributed by atoms with E-state index >= 15 is 0 Å². The molecule has 0 fully saturated rings. The van der Waals surface area contributed by atoms with Gasteiger partial charge in [-0.3, -0.25) is 0 Å². The molecule has 176 valence electrons. The summed E-state index contributed by atoms with van der Waals surface area (Å²) in [5.41, 5.74) is 0. The molecule has 1 N–H and O–H groups in total. The summed E-state index contributed by atoms with van der Waals surface area (Å²) in [5, 5.41) is 8.60. The first-order valence-electron chi connectivity index (χ1n) is 12.3. The Morgan fingerprint density at radius 3 is 1.48 bits per heavy atom. The van der Waals surface area contributed by atoms with Gasteiger partial charge in [-0.2, -0.15) is 0 Å². The number of unbranched alkanes of at least 4 members (excludes halogenated alkanes) is 9. The van der Waals surface area contributed by atoms with Crippen LogP contribution < -0.4 is 0 Å². The van der Waals surface area contributed by atoms with Crippen molar-refractivity contribution in [2.24, 2.45) is 0 Å². The first-order chi connectivity index (χ1) is 14.3. The molecule has 0 amide bonds. The van der Waals surface area contributed by atoms with Crippen LogP contribution in [-0.2, 0) is 18.9 Å². The predicted molar refractivity (Wildman–Crippen MR) is 121 cm³/mol.